The van der Waals surface area contributed by atoms with Gasteiger partial charge in [0.15, 0.2) is 0 Å². The van der Waals surface area contributed by atoms with Gasteiger partial charge >= 0.3 is 0 Å². The van der Waals surface area contributed by atoms with Gasteiger partial charge in [0, 0.05) is 13.1 Å². The van der Waals surface area contributed by atoms with E-state index < -0.39 is 0 Å². The van der Waals surface area contributed by atoms with E-state index in [4.69, 9.17) is 0 Å². The van der Waals surface area contributed by atoms with Gasteiger partial charge in [0.2, 0.25) is 5.91 Å². The molecule has 2 fully saturated rings. The van der Waals surface area contributed by atoms with Crippen LogP contribution in [0.25, 0.3) is 0 Å². The number of rotatable bonds is 4. The summed E-state index contributed by atoms with van der Waals surface area (Å²) in [6.07, 6.45) is 4.21. The maximum absolute atomic E-state index is 13.1. The number of phenolic OH excluding ortho intramolecular Hbond substituents is 1. The van der Waals surface area contributed by atoms with Crippen molar-refractivity contribution in [2.24, 2.45) is 0 Å². The van der Waals surface area contributed by atoms with Crippen LogP contribution in [0.3, 0.4) is 0 Å². The van der Waals surface area contributed by atoms with Gasteiger partial charge in [-0.3, -0.25) is 9.69 Å². The number of benzene rings is 2. The van der Waals surface area contributed by atoms with E-state index in [-0.39, 0.29) is 6.04 Å². The fourth-order valence-electron chi connectivity index (χ4n) is 4.62. The zero-order valence-corrected chi connectivity index (χ0v) is 16.7. The summed E-state index contributed by atoms with van der Waals surface area (Å²) < 4.78 is 0. The molecule has 2 aromatic carbocycles. The number of hydrogen-bond donors (Lipinski definition) is 1. The first-order valence-electron chi connectivity index (χ1n) is 10.5. The smallest absolute Gasteiger partial charge is 0.240 e. The molecule has 28 heavy (non-hydrogen) atoms. The molecule has 2 heterocycles. The fraction of sp³-hybridized carbons (Fsp3) is 0.458. The van der Waals surface area contributed by atoms with Crippen molar-refractivity contribution in [2.45, 2.75) is 51.1 Å². The first-order valence-corrected chi connectivity index (χ1v) is 10.5. The number of piperidine rings is 2. The summed E-state index contributed by atoms with van der Waals surface area (Å²) >= 11 is 0. The number of carbonyl (C=O) groups excluding carboxylic acids is 1. The third-order valence-electron chi connectivity index (χ3n) is 6.33. The standard InChI is InChI=1S/C24H30N2O2/c1-18-4-6-19(7-5-18)17-26-14-2-3-23(24(26)28)25-15-12-21(13-16-25)20-8-10-22(27)11-9-20/h4-11,21,23,27H,2-3,12-17H2,1H3. The second-order valence-corrected chi connectivity index (χ2v) is 8.31. The lowest BCUT2D eigenvalue weighted by Gasteiger charge is -2.41. The molecule has 1 N–H and O–H groups in total. The molecule has 2 aromatic rings. The Morgan fingerprint density at radius 1 is 0.929 bits per heavy atom. The highest BCUT2D eigenvalue weighted by atomic mass is 16.3. The van der Waals surface area contributed by atoms with Crippen LogP contribution in [-0.4, -0.2) is 46.5 Å². The molecule has 0 spiro atoms. The minimum absolute atomic E-state index is 0.0416. The van der Waals surface area contributed by atoms with E-state index in [1.165, 1.54) is 16.7 Å². The van der Waals surface area contributed by atoms with E-state index in [1.54, 1.807) is 12.1 Å². The van der Waals surface area contributed by atoms with E-state index in [2.05, 4.69) is 36.1 Å². The predicted molar refractivity (Wildman–Crippen MR) is 111 cm³/mol. The van der Waals surface area contributed by atoms with Gasteiger partial charge in [0.25, 0.3) is 0 Å². The molecule has 1 amide bonds. The molecule has 4 nitrogen and oxygen atoms in total. The maximum Gasteiger partial charge on any atom is 0.240 e. The summed E-state index contributed by atoms with van der Waals surface area (Å²) in [5, 5.41) is 9.49. The Hall–Kier alpha value is -2.33. The van der Waals surface area contributed by atoms with Crippen LogP contribution >= 0.6 is 0 Å². The summed E-state index contributed by atoms with van der Waals surface area (Å²) in [7, 11) is 0. The summed E-state index contributed by atoms with van der Waals surface area (Å²) in [6.45, 7) is 5.63. The van der Waals surface area contributed by atoms with Gasteiger partial charge in [-0.1, -0.05) is 42.0 Å². The van der Waals surface area contributed by atoms with E-state index >= 15 is 0 Å². The van der Waals surface area contributed by atoms with E-state index in [0.717, 1.165) is 51.9 Å². The molecule has 0 radical (unpaired) electrons. The molecule has 4 heteroatoms. The van der Waals surface area contributed by atoms with Crippen LogP contribution in [0.1, 0.15) is 48.3 Å². The van der Waals surface area contributed by atoms with Crippen LogP contribution in [0.4, 0.5) is 0 Å². The molecular weight excluding hydrogens is 348 g/mol. The van der Waals surface area contributed by atoms with Crippen LogP contribution in [0.2, 0.25) is 0 Å². The van der Waals surface area contributed by atoms with Crippen LogP contribution in [0, 0.1) is 6.92 Å². The summed E-state index contributed by atoms with van der Waals surface area (Å²) in [5.74, 6) is 1.15. The molecule has 148 valence electrons. The molecule has 2 aliphatic rings. The van der Waals surface area contributed by atoms with Crippen LogP contribution in [0.5, 0.6) is 5.75 Å². The monoisotopic (exact) mass is 378 g/mol. The molecule has 0 aliphatic carbocycles. The number of nitrogens with zero attached hydrogens (tertiary/aromatic N) is 2. The summed E-state index contributed by atoms with van der Waals surface area (Å²) in [4.78, 5) is 17.6. The Balaban J connectivity index is 1.36. The quantitative estimate of drug-likeness (QED) is 0.872. The van der Waals surface area contributed by atoms with Gasteiger partial charge in [-0.15, -0.1) is 0 Å². The van der Waals surface area contributed by atoms with Gasteiger partial charge < -0.3 is 10.0 Å². The molecule has 1 atom stereocenters. The van der Waals surface area contributed by atoms with Gasteiger partial charge in [-0.2, -0.15) is 0 Å². The number of carbonyl (C=O) groups is 1. The van der Waals surface area contributed by atoms with Crippen molar-refractivity contribution in [2.75, 3.05) is 19.6 Å². The number of aryl methyl sites for hydroxylation is 1. The Labute approximate surface area is 167 Å². The highest BCUT2D eigenvalue weighted by molar-refractivity contribution is 5.82. The van der Waals surface area contributed by atoms with Crippen LogP contribution in [-0.2, 0) is 11.3 Å². The average Bonchev–Trinajstić information content (AvgIpc) is 2.72. The van der Waals surface area contributed by atoms with Gasteiger partial charge in [-0.25, -0.2) is 0 Å². The second-order valence-electron chi connectivity index (χ2n) is 8.31. The van der Waals surface area contributed by atoms with E-state index in [0.29, 0.717) is 17.6 Å². The third kappa shape index (κ3) is 4.22. The average molecular weight is 379 g/mol. The van der Waals surface area contributed by atoms with Crippen molar-refractivity contribution in [1.29, 1.82) is 0 Å². The summed E-state index contributed by atoms with van der Waals surface area (Å²) in [5.41, 5.74) is 3.77. The molecule has 1 unspecified atom stereocenters. The second kappa shape index (κ2) is 8.36. The van der Waals surface area contributed by atoms with E-state index in [9.17, 15) is 9.90 Å². The zero-order valence-electron chi connectivity index (χ0n) is 16.7. The van der Waals surface area contributed by atoms with Crippen molar-refractivity contribution in [3.05, 3.63) is 65.2 Å². The Bertz CT molecular complexity index is 792. The minimum atomic E-state index is 0.0416. The highest BCUT2D eigenvalue weighted by Crippen LogP contribution is 2.31. The molecule has 2 aliphatic heterocycles. The fourth-order valence-corrected chi connectivity index (χ4v) is 4.62. The molecule has 0 bridgehead atoms. The van der Waals surface area contributed by atoms with Crippen LogP contribution in [0.15, 0.2) is 48.5 Å². The van der Waals surface area contributed by atoms with Crippen LogP contribution < -0.4 is 0 Å². The number of likely N-dealkylation sites (tertiary alicyclic amines) is 2. The molecule has 2 saturated heterocycles. The lowest BCUT2D eigenvalue weighted by Crippen LogP contribution is -2.53. The lowest BCUT2D eigenvalue weighted by atomic mass is 9.88. The normalized spacial score (nSPS) is 21.8. The summed E-state index contributed by atoms with van der Waals surface area (Å²) in [6, 6.07) is 16.2. The largest absolute Gasteiger partial charge is 0.508 e. The molecule has 4 rings (SSSR count). The number of amides is 1. The first-order chi connectivity index (χ1) is 13.6. The van der Waals surface area contributed by atoms with Gasteiger partial charge in [0.05, 0.1) is 6.04 Å². The Morgan fingerprint density at radius 2 is 1.61 bits per heavy atom. The number of phenols is 1. The van der Waals surface area contributed by atoms with Gasteiger partial charge in [-0.05, 0) is 74.9 Å². The lowest BCUT2D eigenvalue weighted by molar-refractivity contribution is -0.141. The van der Waals surface area contributed by atoms with Crippen molar-refractivity contribution in [3.8, 4) is 5.75 Å². The molecule has 0 aromatic heterocycles. The third-order valence-corrected chi connectivity index (χ3v) is 6.33. The topological polar surface area (TPSA) is 43.8 Å². The number of hydrogen-bond acceptors (Lipinski definition) is 3. The Kier molecular flexibility index (Phi) is 5.67. The van der Waals surface area contributed by atoms with Crippen molar-refractivity contribution < 1.29 is 9.90 Å². The molecule has 0 saturated carbocycles. The SMILES string of the molecule is Cc1ccc(CN2CCCC(N3CCC(c4ccc(O)cc4)CC3)C2=O)cc1. The number of aromatic hydroxyl groups is 1. The van der Waals surface area contributed by atoms with Gasteiger partial charge in [0.1, 0.15) is 5.75 Å². The van der Waals surface area contributed by atoms with Crippen molar-refractivity contribution in [3.63, 3.8) is 0 Å². The van der Waals surface area contributed by atoms with E-state index in [1.807, 2.05) is 17.0 Å². The van der Waals surface area contributed by atoms with Crippen molar-refractivity contribution in [1.82, 2.24) is 9.80 Å². The first kappa shape index (κ1) is 19.0. The predicted octanol–water partition coefficient (Wildman–Crippen LogP) is 4.07. The minimum Gasteiger partial charge on any atom is -0.508 e. The maximum atomic E-state index is 13.1. The molecular formula is C24H30N2O2. The zero-order chi connectivity index (χ0) is 19.5. The van der Waals surface area contributed by atoms with Crippen molar-refractivity contribution >= 4 is 5.91 Å². The highest BCUT2D eigenvalue weighted by Gasteiger charge is 2.35. The Morgan fingerprint density at radius 3 is 2.29 bits per heavy atom.